The van der Waals surface area contributed by atoms with E-state index >= 15 is 0 Å². The summed E-state index contributed by atoms with van der Waals surface area (Å²) in [7, 11) is 2.97. The maximum Gasteiger partial charge on any atom is 0.316 e. The number of esters is 1. The van der Waals surface area contributed by atoms with Crippen molar-refractivity contribution in [2.75, 3.05) is 25.3 Å². The van der Waals surface area contributed by atoms with Crippen LogP contribution in [0.5, 0.6) is 5.75 Å². The molecule has 0 radical (unpaired) electrons. The lowest BCUT2D eigenvalue weighted by Crippen LogP contribution is -2.33. The first-order valence-corrected chi connectivity index (χ1v) is 10.3. The summed E-state index contributed by atoms with van der Waals surface area (Å²) in [5, 5.41) is 8.34. The minimum Gasteiger partial charge on any atom is -0.497 e. The maximum atomic E-state index is 13.0. The van der Waals surface area contributed by atoms with Crippen LogP contribution in [0, 0.1) is 5.92 Å². The summed E-state index contributed by atoms with van der Waals surface area (Å²) in [6, 6.07) is 7.26. The van der Waals surface area contributed by atoms with E-state index < -0.39 is 0 Å². The zero-order valence-corrected chi connectivity index (χ0v) is 17.3. The van der Waals surface area contributed by atoms with E-state index in [1.807, 2.05) is 24.3 Å². The second-order valence-electron chi connectivity index (χ2n) is 7.16. The number of thioether (sulfide) groups is 1. The van der Waals surface area contributed by atoms with Crippen molar-refractivity contribution >= 4 is 29.5 Å². The topological polar surface area (TPSA) is 95.3 Å². The minimum absolute atomic E-state index is 0.121. The molecule has 9 heteroatoms. The fourth-order valence-corrected chi connectivity index (χ4v) is 4.39. The zero-order chi connectivity index (χ0) is 20.5. The highest BCUT2D eigenvalue weighted by Gasteiger charge is 2.38. The van der Waals surface area contributed by atoms with E-state index in [2.05, 4.69) is 27.1 Å². The van der Waals surface area contributed by atoms with E-state index in [0.717, 1.165) is 29.0 Å². The lowest BCUT2D eigenvalue weighted by Gasteiger charge is -2.34. The first-order chi connectivity index (χ1) is 14.0. The standard InChI is InChI=1S/C20H22N4O4S/c1-11-8-14-17(15(25)9-11)18(12-4-6-13(27-2)7-5-12)24-19(21-14)22-20(23-24)29-10-16(26)28-3/h4-7,11,18H,8-10H2,1-3H3,(H,21,22,23)/t11-,18-/m1/s1. The number of nitrogens with one attached hydrogen (secondary N) is 1. The summed E-state index contributed by atoms with van der Waals surface area (Å²) in [5.74, 6) is 1.48. The Morgan fingerprint density at radius 2 is 2.03 bits per heavy atom. The Hall–Kier alpha value is -2.81. The molecular formula is C20H22N4O4S. The normalized spacial score (nSPS) is 20.6. The van der Waals surface area contributed by atoms with Gasteiger partial charge in [-0.2, -0.15) is 4.98 Å². The van der Waals surface area contributed by atoms with Crippen molar-refractivity contribution in [1.82, 2.24) is 14.8 Å². The molecule has 1 aliphatic heterocycles. The molecule has 0 amide bonds. The molecule has 1 N–H and O–H groups in total. The van der Waals surface area contributed by atoms with E-state index in [0.29, 0.717) is 17.5 Å². The van der Waals surface area contributed by atoms with Crippen LogP contribution in [0.3, 0.4) is 0 Å². The van der Waals surface area contributed by atoms with Crippen LogP contribution in [0.1, 0.15) is 31.4 Å². The number of nitrogens with zero attached hydrogens (tertiary/aromatic N) is 3. The van der Waals surface area contributed by atoms with E-state index in [9.17, 15) is 9.59 Å². The van der Waals surface area contributed by atoms with Crippen LogP contribution in [0.4, 0.5) is 5.95 Å². The predicted octanol–water partition coefficient (Wildman–Crippen LogP) is 2.82. The molecule has 0 saturated carbocycles. The van der Waals surface area contributed by atoms with Crippen molar-refractivity contribution in [2.24, 2.45) is 5.92 Å². The van der Waals surface area contributed by atoms with Crippen LogP contribution < -0.4 is 10.1 Å². The average molecular weight is 414 g/mol. The van der Waals surface area contributed by atoms with Gasteiger partial charge in [0.2, 0.25) is 11.1 Å². The molecule has 0 spiro atoms. The van der Waals surface area contributed by atoms with Gasteiger partial charge in [-0.15, -0.1) is 5.10 Å². The van der Waals surface area contributed by atoms with Crippen LogP contribution in [-0.4, -0.2) is 46.5 Å². The number of ketones is 1. The van der Waals surface area contributed by atoms with Crippen molar-refractivity contribution in [3.63, 3.8) is 0 Å². The van der Waals surface area contributed by atoms with Gasteiger partial charge in [-0.25, -0.2) is 4.68 Å². The number of carbonyl (C=O) groups excluding carboxylic acids is 2. The van der Waals surface area contributed by atoms with Gasteiger partial charge in [0.05, 0.1) is 20.0 Å². The molecule has 2 heterocycles. The Bertz CT molecular complexity index is 983. The van der Waals surface area contributed by atoms with Gasteiger partial charge in [-0.1, -0.05) is 30.8 Å². The summed E-state index contributed by atoms with van der Waals surface area (Å²) in [6.45, 7) is 2.07. The Morgan fingerprint density at radius 3 is 2.72 bits per heavy atom. The molecule has 0 unspecified atom stereocenters. The number of carbonyl (C=O) groups is 2. The zero-order valence-electron chi connectivity index (χ0n) is 16.5. The van der Waals surface area contributed by atoms with E-state index in [4.69, 9.17) is 4.74 Å². The van der Waals surface area contributed by atoms with Crippen LogP contribution in [-0.2, 0) is 14.3 Å². The fourth-order valence-electron chi connectivity index (χ4n) is 3.73. The van der Waals surface area contributed by atoms with Crippen molar-refractivity contribution in [3.05, 3.63) is 41.1 Å². The van der Waals surface area contributed by atoms with Crippen LogP contribution >= 0.6 is 11.8 Å². The van der Waals surface area contributed by atoms with Crippen LogP contribution in [0.2, 0.25) is 0 Å². The number of fused-ring (bicyclic) bond motifs is 1. The summed E-state index contributed by atoms with van der Waals surface area (Å²) < 4.78 is 11.7. The van der Waals surface area contributed by atoms with Crippen molar-refractivity contribution < 1.29 is 19.1 Å². The molecule has 1 aromatic heterocycles. The van der Waals surface area contributed by atoms with Gasteiger partial charge in [0.1, 0.15) is 11.8 Å². The second-order valence-corrected chi connectivity index (χ2v) is 8.10. The molecule has 2 atom stereocenters. The van der Waals surface area contributed by atoms with Gasteiger partial charge in [-0.3, -0.25) is 9.59 Å². The van der Waals surface area contributed by atoms with Gasteiger partial charge in [0.15, 0.2) is 5.78 Å². The lowest BCUT2D eigenvalue weighted by atomic mass is 9.81. The minimum atomic E-state index is -0.368. The third-order valence-electron chi connectivity index (χ3n) is 5.08. The number of benzene rings is 1. The highest BCUT2D eigenvalue weighted by atomic mass is 32.2. The number of Topliss-reactive ketones (excluding diaryl/α,β-unsaturated/α-hetero) is 1. The van der Waals surface area contributed by atoms with Gasteiger partial charge in [-0.05, 0) is 30.0 Å². The average Bonchev–Trinajstić information content (AvgIpc) is 3.12. The molecule has 152 valence electrons. The molecule has 1 aromatic carbocycles. The Balaban J connectivity index is 1.75. The highest BCUT2D eigenvalue weighted by molar-refractivity contribution is 7.99. The molecule has 0 saturated heterocycles. The fraction of sp³-hybridized carbons (Fsp3) is 0.400. The van der Waals surface area contributed by atoms with E-state index in [1.165, 1.54) is 18.9 Å². The first-order valence-electron chi connectivity index (χ1n) is 9.33. The largest absolute Gasteiger partial charge is 0.497 e. The molecule has 2 aliphatic rings. The monoisotopic (exact) mass is 414 g/mol. The number of methoxy groups -OCH3 is 2. The van der Waals surface area contributed by atoms with E-state index in [-0.39, 0.29) is 29.5 Å². The van der Waals surface area contributed by atoms with Crippen molar-refractivity contribution in [3.8, 4) is 5.75 Å². The number of anilines is 1. The van der Waals surface area contributed by atoms with Crippen LogP contribution in [0.25, 0.3) is 0 Å². The quantitative estimate of drug-likeness (QED) is 0.589. The number of ether oxygens (including phenoxy) is 2. The molecule has 8 nitrogen and oxygen atoms in total. The molecule has 29 heavy (non-hydrogen) atoms. The van der Waals surface area contributed by atoms with Gasteiger partial charge in [0.25, 0.3) is 0 Å². The first kappa shape index (κ1) is 19.5. The third-order valence-corrected chi connectivity index (χ3v) is 5.89. The van der Waals surface area contributed by atoms with Crippen LogP contribution in [0.15, 0.2) is 40.7 Å². The molecule has 4 rings (SSSR count). The number of aromatic nitrogens is 3. The molecule has 1 aliphatic carbocycles. The van der Waals surface area contributed by atoms with Crippen molar-refractivity contribution in [2.45, 2.75) is 31.0 Å². The predicted molar refractivity (Wildman–Crippen MR) is 108 cm³/mol. The summed E-state index contributed by atoms with van der Waals surface area (Å²) >= 11 is 1.20. The maximum absolute atomic E-state index is 13.0. The Labute approximate surface area is 172 Å². The SMILES string of the molecule is COC(=O)CSc1nc2n(n1)[C@H](c1ccc(OC)cc1)C1=C(C[C@@H](C)CC1=O)N2. The summed E-state index contributed by atoms with van der Waals surface area (Å²) in [6.07, 6.45) is 1.30. The Morgan fingerprint density at radius 1 is 1.28 bits per heavy atom. The number of hydrogen-bond donors (Lipinski definition) is 1. The third kappa shape index (κ3) is 3.74. The lowest BCUT2D eigenvalue weighted by molar-refractivity contribution is -0.137. The van der Waals surface area contributed by atoms with E-state index in [1.54, 1.807) is 11.8 Å². The highest BCUT2D eigenvalue weighted by Crippen LogP contribution is 2.42. The smallest absolute Gasteiger partial charge is 0.316 e. The van der Waals surface area contributed by atoms with Gasteiger partial charge in [0, 0.05) is 17.7 Å². The summed E-state index contributed by atoms with van der Waals surface area (Å²) in [4.78, 5) is 29.0. The summed E-state index contributed by atoms with van der Waals surface area (Å²) in [5.41, 5.74) is 2.56. The van der Waals surface area contributed by atoms with Gasteiger partial charge >= 0.3 is 5.97 Å². The number of rotatable bonds is 5. The second kappa shape index (κ2) is 7.90. The van der Waals surface area contributed by atoms with Gasteiger partial charge < -0.3 is 14.8 Å². The molecule has 2 aromatic rings. The number of hydrogen-bond acceptors (Lipinski definition) is 8. The molecular weight excluding hydrogens is 392 g/mol. The molecule has 0 bridgehead atoms. The Kier molecular flexibility index (Phi) is 5.31. The molecule has 0 fully saturated rings. The van der Waals surface area contributed by atoms with Crippen molar-refractivity contribution in [1.29, 1.82) is 0 Å². The number of allylic oxidation sites excluding steroid dienone is 2.